The fourth-order valence-electron chi connectivity index (χ4n) is 3.40. The first-order valence-corrected chi connectivity index (χ1v) is 9.60. The number of aryl methyl sites for hydroxylation is 1. The van der Waals surface area contributed by atoms with Crippen molar-refractivity contribution in [3.8, 4) is 11.5 Å². The average Bonchev–Trinajstić information content (AvgIpc) is 3.25. The molecule has 7 heteroatoms. The van der Waals surface area contributed by atoms with E-state index < -0.39 is 0 Å². The van der Waals surface area contributed by atoms with E-state index in [1.54, 1.807) is 18.2 Å². The Morgan fingerprint density at radius 2 is 2.00 bits per heavy atom. The SMILES string of the molecule is CC(C)CN(Cc1nc2ccc(Cl)cc2n1C)C(=O)c1ccc2c(c1)OCO2. The Hall–Kier alpha value is -2.73. The third-order valence-corrected chi connectivity index (χ3v) is 5.00. The minimum Gasteiger partial charge on any atom is -0.454 e. The Kier molecular flexibility index (Phi) is 4.89. The molecule has 1 aromatic heterocycles. The summed E-state index contributed by atoms with van der Waals surface area (Å²) >= 11 is 6.12. The molecule has 146 valence electrons. The Balaban J connectivity index is 1.65. The molecule has 0 unspecified atom stereocenters. The number of hydrogen-bond acceptors (Lipinski definition) is 4. The maximum Gasteiger partial charge on any atom is 0.254 e. The van der Waals surface area contributed by atoms with Gasteiger partial charge in [0.15, 0.2) is 11.5 Å². The van der Waals surface area contributed by atoms with Gasteiger partial charge in [-0.15, -0.1) is 0 Å². The van der Waals surface area contributed by atoms with Gasteiger partial charge in [-0.05, 0) is 42.3 Å². The van der Waals surface area contributed by atoms with Gasteiger partial charge < -0.3 is 18.9 Å². The number of amides is 1. The number of ether oxygens (including phenoxy) is 2. The first-order chi connectivity index (χ1) is 13.4. The van der Waals surface area contributed by atoms with Crippen molar-refractivity contribution < 1.29 is 14.3 Å². The molecule has 0 radical (unpaired) electrons. The number of aromatic nitrogens is 2. The van der Waals surface area contributed by atoms with Crippen molar-refractivity contribution in [1.29, 1.82) is 0 Å². The zero-order valence-corrected chi connectivity index (χ0v) is 16.9. The highest BCUT2D eigenvalue weighted by atomic mass is 35.5. The van der Waals surface area contributed by atoms with Crippen LogP contribution in [0.1, 0.15) is 30.0 Å². The number of benzene rings is 2. The van der Waals surface area contributed by atoms with Gasteiger partial charge in [-0.2, -0.15) is 0 Å². The van der Waals surface area contributed by atoms with Crippen LogP contribution in [0.3, 0.4) is 0 Å². The van der Waals surface area contributed by atoms with E-state index in [9.17, 15) is 4.79 Å². The molecule has 0 N–H and O–H groups in total. The lowest BCUT2D eigenvalue weighted by atomic mass is 10.1. The number of imidazole rings is 1. The molecular formula is C21H22ClN3O3. The number of carbonyl (C=O) groups excluding carboxylic acids is 1. The number of carbonyl (C=O) groups is 1. The van der Waals surface area contributed by atoms with Crippen molar-refractivity contribution in [2.45, 2.75) is 20.4 Å². The second kappa shape index (κ2) is 7.36. The Morgan fingerprint density at radius 3 is 2.79 bits per heavy atom. The van der Waals surface area contributed by atoms with Crippen LogP contribution in [-0.4, -0.2) is 33.7 Å². The predicted octanol–water partition coefficient (Wildman–Crippen LogP) is 4.25. The second-order valence-electron chi connectivity index (χ2n) is 7.37. The molecule has 1 amide bonds. The summed E-state index contributed by atoms with van der Waals surface area (Å²) in [6, 6.07) is 10.9. The summed E-state index contributed by atoms with van der Waals surface area (Å²) in [5.74, 6) is 2.35. The highest BCUT2D eigenvalue weighted by Crippen LogP contribution is 2.33. The lowest BCUT2D eigenvalue weighted by Gasteiger charge is -2.24. The normalized spacial score (nSPS) is 12.8. The van der Waals surface area contributed by atoms with Crippen molar-refractivity contribution in [3.05, 3.63) is 52.8 Å². The van der Waals surface area contributed by atoms with Gasteiger partial charge in [0.25, 0.3) is 5.91 Å². The van der Waals surface area contributed by atoms with Gasteiger partial charge in [-0.1, -0.05) is 25.4 Å². The van der Waals surface area contributed by atoms with Crippen LogP contribution in [0.2, 0.25) is 5.02 Å². The standard InChI is InChI=1S/C21H22ClN3O3/c1-13(2)10-25(21(26)14-4-7-18-19(8-14)28-12-27-18)11-20-23-16-6-5-15(22)9-17(16)24(20)3/h4-9,13H,10-12H2,1-3H3. The van der Waals surface area contributed by atoms with E-state index in [1.807, 2.05) is 34.7 Å². The summed E-state index contributed by atoms with van der Waals surface area (Å²) in [5.41, 5.74) is 2.39. The third-order valence-electron chi connectivity index (χ3n) is 4.76. The van der Waals surface area contributed by atoms with Gasteiger partial charge in [-0.25, -0.2) is 4.98 Å². The van der Waals surface area contributed by atoms with Gasteiger partial charge in [0.1, 0.15) is 5.82 Å². The molecular weight excluding hydrogens is 378 g/mol. The lowest BCUT2D eigenvalue weighted by molar-refractivity contribution is 0.0716. The summed E-state index contributed by atoms with van der Waals surface area (Å²) < 4.78 is 12.7. The topological polar surface area (TPSA) is 56.6 Å². The molecule has 0 atom stereocenters. The number of fused-ring (bicyclic) bond motifs is 2. The van der Waals surface area contributed by atoms with Gasteiger partial charge in [0.2, 0.25) is 6.79 Å². The molecule has 2 heterocycles. The predicted molar refractivity (Wildman–Crippen MR) is 108 cm³/mol. The van der Waals surface area contributed by atoms with Crippen LogP contribution in [0.5, 0.6) is 11.5 Å². The van der Waals surface area contributed by atoms with Gasteiger partial charge in [0.05, 0.1) is 17.6 Å². The molecule has 4 rings (SSSR count). The van der Waals surface area contributed by atoms with Crippen LogP contribution >= 0.6 is 11.6 Å². The van der Waals surface area contributed by atoms with E-state index in [1.165, 1.54) is 0 Å². The van der Waals surface area contributed by atoms with E-state index in [0.29, 0.717) is 41.1 Å². The summed E-state index contributed by atoms with van der Waals surface area (Å²) in [6.45, 7) is 5.40. The van der Waals surface area contributed by atoms with Crippen LogP contribution < -0.4 is 9.47 Å². The van der Waals surface area contributed by atoms with Crippen molar-refractivity contribution in [3.63, 3.8) is 0 Å². The summed E-state index contributed by atoms with van der Waals surface area (Å²) in [5, 5.41) is 0.664. The molecule has 2 aromatic carbocycles. The summed E-state index contributed by atoms with van der Waals surface area (Å²) in [6.07, 6.45) is 0. The largest absolute Gasteiger partial charge is 0.454 e. The molecule has 1 aliphatic rings. The molecule has 0 spiro atoms. The Labute approximate surface area is 168 Å². The molecule has 0 saturated heterocycles. The quantitative estimate of drug-likeness (QED) is 0.643. The van der Waals surface area contributed by atoms with Crippen LogP contribution in [0.4, 0.5) is 0 Å². The maximum absolute atomic E-state index is 13.2. The Morgan fingerprint density at radius 1 is 1.21 bits per heavy atom. The van der Waals surface area contributed by atoms with Crippen LogP contribution in [-0.2, 0) is 13.6 Å². The highest BCUT2D eigenvalue weighted by Gasteiger charge is 2.23. The molecule has 0 fully saturated rings. The molecule has 0 aliphatic carbocycles. The van der Waals surface area contributed by atoms with E-state index in [0.717, 1.165) is 16.9 Å². The zero-order valence-electron chi connectivity index (χ0n) is 16.1. The van der Waals surface area contributed by atoms with Crippen molar-refractivity contribution in [1.82, 2.24) is 14.5 Å². The molecule has 6 nitrogen and oxygen atoms in total. The fraction of sp³-hybridized carbons (Fsp3) is 0.333. The number of hydrogen-bond donors (Lipinski definition) is 0. The van der Waals surface area contributed by atoms with Crippen molar-refractivity contribution >= 4 is 28.5 Å². The van der Waals surface area contributed by atoms with Crippen LogP contribution in [0.15, 0.2) is 36.4 Å². The molecule has 28 heavy (non-hydrogen) atoms. The number of nitrogens with zero attached hydrogens (tertiary/aromatic N) is 3. The van der Waals surface area contributed by atoms with E-state index in [4.69, 9.17) is 26.1 Å². The second-order valence-corrected chi connectivity index (χ2v) is 7.80. The molecule has 3 aromatic rings. The van der Waals surface area contributed by atoms with Gasteiger partial charge in [0, 0.05) is 24.2 Å². The first kappa shape index (κ1) is 18.6. The zero-order chi connectivity index (χ0) is 19.8. The van der Waals surface area contributed by atoms with Gasteiger partial charge in [-0.3, -0.25) is 4.79 Å². The smallest absolute Gasteiger partial charge is 0.254 e. The summed E-state index contributed by atoms with van der Waals surface area (Å²) in [4.78, 5) is 19.8. The first-order valence-electron chi connectivity index (χ1n) is 9.22. The monoisotopic (exact) mass is 399 g/mol. The average molecular weight is 400 g/mol. The maximum atomic E-state index is 13.2. The summed E-state index contributed by atoms with van der Waals surface area (Å²) in [7, 11) is 1.94. The van der Waals surface area contributed by atoms with Crippen LogP contribution in [0.25, 0.3) is 11.0 Å². The molecule has 0 bridgehead atoms. The highest BCUT2D eigenvalue weighted by molar-refractivity contribution is 6.31. The third kappa shape index (κ3) is 3.52. The minimum absolute atomic E-state index is 0.0583. The van der Waals surface area contributed by atoms with Crippen LogP contribution in [0, 0.1) is 5.92 Å². The van der Waals surface area contributed by atoms with Crippen molar-refractivity contribution in [2.24, 2.45) is 13.0 Å². The van der Waals surface area contributed by atoms with Gasteiger partial charge >= 0.3 is 0 Å². The van der Waals surface area contributed by atoms with E-state index >= 15 is 0 Å². The van der Waals surface area contributed by atoms with Crippen molar-refractivity contribution in [2.75, 3.05) is 13.3 Å². The molecule has 0 saturated carbocycles. The minimum atomic E-state index is -0.0583. The van der Waals surface area contributed by atoms with E-state index in [2.05, 4.69) is 13.8 Å². The number of halogens is 1. The Bertz CT molecular complexity index is 1040. The van der Waals surface area contributed by atoms with E-state index in [-0.39, 0.29) is 12.7 Å². The number of rotatable bonds is 5. The fourth-order valence-corrected chi connectivity index (χ4v) is 3.56. The molecule has 1 aliphatic heterocycles. The lowest BCUT2D eigenvalue weighted by Crippen LogP contribution is -2.34.